The number of morpholine rings is 1. The summed E-state index contributed by atoms with van der Waals surface area (Å²) in [4.78, 5) is 13.6. The largest absolute Gasteiger partial charge is 0.400 e. The molecule has 6 N–H and O–H groups in total. The molecule has 0 aromatic rings. The molecule has 0 aromatic heterocycles. The summed E-state index contributed by atoms with van der Waals surface area (Å²) in [5, 5.41) is 2.97. The molecule has 0 bridgehead atoms. The van der Waals surface area contributed by atoms with Crippen LogP contribution in [0.2, 0.25) is 0 Å². The molecule has 0 saturated carbocycles. The van der Waals surface area contributed by atoms with E-state index in [4.69, 9.17) is 10.5 Å². The van der Waals surface area contributed by atoms with Crippen molar-refractivity contribution in [2.45, 2.75) is 20.8 Å². The fraction of sp³-hybridized carbons (Fsp3) is 0.750. The highest BCUT2D eigenvalue weighted by Gasteiger charge is 2.16. The molecule has 1 saturated heterocycles. The topological polar surface area (TPSA) is 103 Å². The van der Waals surface area contributed by atoms with Gasteiger partial charge in [0.1, 0.15) is 0 Å². The van der Waals surface area contributed by atoms with Gasteiger partial charge in [-0.1, -0.05) is 20.8 Å². The van der Waals surface area contributed by atoms with Gasteiger partial charge < -0.3 is 26.8 Å². The third-order valence-corrected chi connectivity index (χ3v) is 2.74. The van der Waals surface area contributed by atoms with Gasteiger partial charge in [0, 0.05) is 30.4 Å². The molecule has 0 spiro atoms. The van der Waals surface area contributed by atoms with Crippen LogP contribution in [0.25, 0.3) is 0 Å². The van der Waals surface area contributed by atoms with Crippen molar-refractivity contribution in [2.75, 3.05) is 32.8 Å². The van der Waals surface area contributed by atoms with E-state index in [0.29, 0.717) is 26.3 Å². The summed E-state index contributed by atoms with van der Waals surface area (Å²) >= 11 is 0. The highest BCUT2D eigenvalue weighted by atomic mass is 16.5. The Bertz CT molecular complexity index is 291. The number of carbonyl (C=O) groups excluding carboxylic acids is 1. The first-order valence-corrected chi connectivity index (χ1v) is 5.96. The number of hydrogen-bond donors (Lipinski definition) is 3. The van der Waals surface area contributed by atoms with Crippen molar-refractivity contribution < 1.29 is 9.53 Å². The molecule has 1 rings (SSSR count). The van der Waals surface area contributed by atoms with Gasteiger partial charge in [0.2, 0.25) is 5.91 Å². The lowest BCUT2D eigenvalue weighted by atomic mass is 9.93. The van der Waals surface area contributed by atoms with Gasteiger partial charge in [0.05, 0.1) is 19.8 Å². The van der Waals surface area contributed by atoms with Gasteiger partial charge in [-0.15, -0.1) is 0 Å². The van der Waals surface area contributed by atoms with Crippen molar-refractivity contribution in [1.29, 1.82) is 0 Å². The molecule has 106 valence electrons. The molecule has 6 heteroatoms. The summed E-state index contributed by atoms with van der Waals surface area (Å²) in [7, 11) is 0. The number of allylic oxidation sites excluding steroid dienone is 1. The van der Waals surface area contributed by atoms with Gasteiger partial charge >= 0.3 is 0 Å². The maximum Gasteiger partial charge on any atom is 0.242 e. The summed E-state index contributed by atoms with van der Waals surface area (Å²) in [6.07, 6.45) is 1.72. The summed E-state index contributed by atoms with van der Waals surface area (Å²) in [6, 6.07) is 0. The minimum atomic E-state index is -0.0744. The third kappa shape index (κ3) is 5.37. The molecule has 1 heterocycles. The Morgan fingerprint density at radius 1 is 1.39 bits per heavy atom. The van der Waals surface area contributed by atoms with Crippen molar-refractivity contribution in [3.8, 4) is 0 Å². The Morgan fingerprint density at radius 3 is 2.44 bits per heavy atom. The number of nitrogens with two attached hydrogens (primary N) is 1. The quantitative estimate of drug-likeness (QED) is 0.681. The molecule has 0 radical (unpaired) electrons. The van der Waals surface area contributed by atoms with Crippen LogP contribution >= 0.6 is 0 Å². The van der Waals surface area contributed by atoms with Crippen molar-refractivity contribution >= 4 is 5.91 Å². The second kappa shape index (κ2) is 7.23. The molecular weight excluding hydrogens is 232 g/mol. The zero-order valence-electron chi connectivity index (χ0n) is 11.7. The Hall–Kier alpha value is -1.27. The first-order valence-electron chi connectivity index (χ1n) is 5.96. The zero-order chi connectivity index (χ0) is 12.9. The fourth-order valence-electron chi connectivity index (χ4n) is 1.39. The predicted octanol–water partition coefficient (Wildman–Crippen LogP) is 0.443. The van der Waals surface area contributed by atoms with Gasteiger partial charge in [-0.2, -0.15) is 0 Å². The second-order valence-electron chi connectivity index (χ2n) is 5.22. The molecule has 1 amide bonds. The van der Waals surface area contributed by atoms with Crippen LogP contribution in [0, 0.1) is 5.41 Å². The van der Waals surface area contributed by atoms with E-state index in [-0.39, 0.29) is 24.0 Å². The van der Waals surface area contributed by atoms with E-state index in [1.165, 1.54) is 0 Å². The number of carbonyl (C=O) groups is 1. The van der Waals surface area contributed by atoms with E-state index in [2.05, 4.69) is 5.32 Å². The Labute approximate surface area is 109 Å². The first-order chi connectivity index (χ1) is 7.91. The maximum atomic E-state index is 11.8. The lowest BCUT2D eigenvalue weighted by molar-refractivity contribution is -0.134. The van der Waals surface area contributed by atoms with Gasteiger partial charge in [0.25, 0.3) is 0 Å². The minimum Gasteiger partial charge on any atom is -0.400 e. The van der Waals surface area contributed by atoms with E-state index in [0.717, 1.165) is 5.70 Å². The smallest absolute Gasteiger partial charge is 0.242 e. The second-order valence-corrected chi connectivity index (χ2v) is 5.22. The average molecular weight is 258 g/mol. The van der Waals surface area contributed by atoms with Crippen LogP contribution in [-0.2, 0) is 9.53 Å². The van der Waals surface area contributed by atoms with Gasteiger partial charge in [0.15, 0.2) is 0 Å². The molecule has 1 fully saturated rings. The monoisotopic (exact) mass is 258 g/mol. The summed E-state index contributed by atoms with van der Waals surface area (Å²) < 4.78 is 5.19. The number of amides is 1. The van der Waals surface area contributed by atoms with Gasteiger partial charge in [-0.05, 0) is 0 Å². The van der Waals surface area contributed by atoms with E-state index in [1.807, 2.05) is 20.8 Å². The van der Waals surface area contributed by atoms with Crippen LogP contribution in [0.4, 0.5) is 0 Å². The normalized spacial score (nSPS) is 17.1. The van der Waals surface area contributed by atoms with Crippen molar-refractivity contribution in [2.24, 2.45) is 11.1 Å². The summed E-state index contributed by atoms with van der Waals surface area (Å²) in [5.41, 5.74) is 6.54. The van der Waals surface area contributed by atoms with E-state index in [1.54, 1.807) is 11.1 Å². The summed E-state index contributed by atoms with van der Waals surface area (Å²) in [5.74, 6) is 0.0891. The average Bonchev–Trinajstić information content (AvgIpc) is 2.28. The minimum absolute atomic E-state index is 0. The van der Waals surface area contributed by atoms with E-state index in [9.17, 15) is 4.79 Å². The third-order valence-electron chi connectivity index (χ3n) is 2.74. The lowest BCUT2D eigenvalue weighted by Gasteiger charge is -2.27. The van der Waals surface area contributed by atoms with Crippen molar-refractivity contribution in [3.63, 3.8) is 0 Å². The first kappa shape index (κ1) is 16.7. The molecule has 1 aliphatic rings. The molecule has 0 atom stereocenters. The molecule has 18 heavy (non-hydrogen) atoms. The number of nitrogens with one attached hydrogen (secondary N) is 1. The number of ether oxygens (including phenoxy) is 1. The van der Waals surface area contributed by atoms with Crippen LogP contribution < -0.4 is 17.2 Å². The Morgan fingerprint density at radius 2 is 1.94 bits per heavy atom. The van der Waals surface area contributed by atoms with E-state index < -0.39 is 0 Å². The van der Waals surface area contributed by atoms with Gasteiger partial charge in [-0.3, -0.25) is 4.79 Å². The number of rotatable bonds is 3. The molecule has 0 aromatic carbocycles. The molecule has 6 nitrogen and oxygen atoms in total. The predicted molar refractivity (Wildman–Crippen MR) is 72.1 cm³/mol. The van der Waals surface area contributed by atoms with Crippen LogP contribution in [0.3, 0.4) is 0 Å². The summed E-state index contributed by atoms with van der Waals surface area (Å²) in [6.45, 7) is 9.01. The highest BCUT2D eigenvalue weighted by Crippen LogP contribution is 2.19. The van der Waals surface area contributed by atoms with Crippen molar-refractivity contribution in [3.05, 3.63) is 11.9 Å². The fourth-order valence-corrected chi connectivity index (χ4v) is 1.39. The maximum absolute atomic E-state index is 11.8. The number of nitrogens with zero attached hydrogens (tertiary/aromatic N) is 1. The molecule has 0 aliphatic carbocycles. The lowest BCUT2D eigenvalue weighted by Crippen LogP contribution is -2.44. The SMILES string of the molecule is CC(C)(C)/C(N)=C/NCC(=O)N1CCOCC1.N. The Kier molecular flexibility index (Phi) is 6.72. The van der Waals surface area contributed by atoms with Crippen molar-refractivity contribution in [1.82, 2.24) is 16.4 Å². The van der Waals surface area contributed by atoms with E-state index >= 15 is 0 Å². The number of hydrogen-bond acceptors (Lipinski definition) is 5. The van der Waals surface area contributed by atoms with Gasteiger partial charge in [-0.25, -0.2) is 0 Å². The standard InChI is InChI=1S/C12H23N3O2.H3N/c1-12(2,3)10(13)8-14-9-11(16)15-4-6-17-7-5-15;/h8,14H,4-7,9,13H2,1-3H3;1H3/b10-8-;. The Balaban J connectivity index is 0.00000289. The highest BCUT2D eigenvalue weighted by molar-refractivity contribution is 5.78. The van der Waals surface area contributed by atoms with Crippen LogP contribution in [0.5, 0.6) is 0 Å². The zero-order valence-corrected chi connectivity index (χ0v) is 11.7. The molecule has 0 unspecified atom stereocenters. The van der Waals surface area contributed by atoms with Crippen LogP contribution in [0.15, 0.2) is 11.9 Å². The molecular formula is C12H26N4O2. The van der Waals surface area contributed by atoms with Crippen LogP contribution in [-0.4, -0.2) is 43.7 Å². The van der Waals surface area contributed by atoms with Crippen LogP contribution in [0.1, 0.15) is 20.8 Å². The molecule has 1 aliphatic heterocycles.